The molecule has 0 spiro atoms. The largest absolute Gasteiger partial charge is 0.289 e. The number of aryl methyl sites for hydroxylation is 2. The van der Waals surface area contributed by atoms with Crippen LogP contribution in [0.5, 0.6) is 0 Å². The highest BCUT2D eigenvalue weighted by Crippen LogP contribution is 2.16. The fourth-order valence-corrected chi connectivity index (χ4v) is 1.71. The van der Waals surface area contributed by atoms with E-state index in [2.05, 4.69) is 36.4 Å². The van der Waals surface area contributed by atoms with Gasteiger partial charge in [0, 0.05) is 4.47 Å². The van der Waals surface area contributed by atoms with Gasteiger partial charge >= 0.3 is 0 Å². The SMILES string of the molecule is Cc1nnc(NC(=O)c2cc(Br)ccc2F)nc1C. The molecule has 0 saturated carbocycles. The first-order valence-electron chi connectivity index (χ1n) is 5.41. The Kier molecular flexibility index (Phi) is 3.84. The molecule has 98 valence electrons. The number of benzene rings is 1. The van der Waals surface area contributed by atoms with E-state index in [0.717, 1.165) is 0 Å². The van der Waals surface area contributed by atoms with E-state index in [0.29, 0.717) is 15.9 Å². The summed E-state index contributed by atoms with van der Waals surface area (Å²) in [7, 11) is 0. The highest BCUT2D eigenvalue weighted by atomic mass is 79.9. The van der Waals surface area contributed by atoms with Crippen LogP contribution in [0, 0.1) is 19.7 Å². The van der Waals surface area contributed by atoms with Gasteiger partial charge in [0.2, 0.25) is 5.95 Å². The highest BCUT2D eigenvalue weighted by molar-refractivity contribution is 9.10. The number of anilines is 1. The van der Waals surface area contributed by atoms with Crippen LogP contribution in [0.2, 0.25) is 0 Å². The van der Waals surface area contributed by atoms with Crippen molar-refractivity contribution in [3.8, 4) is 0 Å². The minimum absolute atomic E-state index is 0.0486. The van der Waals surface area contributed by atoms with Crippen molar-refractivity contribution in [1.82, 2.24) is 15.2 Å². The van der Waals surface area contributed by atoms with E-state index in [1.807, 2.05) is 0 Å². The van der Waals surface area contributed by atoms with E-state index >= 15 is 0 Å². The third kappa shape index (κ3) is 3.11. The number of hydrogen-bond donors (Lipinski definition) is 1. The summed E-state index contributed by atoms with van der Waals surface area (Å²) in [5.41, 5.74) is 1.24. The van der Waals surface area contributed by atoms with Gasteiger partial charge in [-0.25, -0.2) is 9.37 Å². The monoisotopic (exact) mass is 324 g/mol. The molecule has 19 heavy (non-hydrogen) atoms. The second-order valence-electron chi connectivity index (χ2n) is 3.88. The number of hydrogen-bond acceptors (Lipinski definition) is 4. The van der Waals surface area contributed by atoms with E-state index in [9.17, 15) is 9.18 Å². The Morgan fingerprint density at radius 2 is 2.00 bits per heavy atom. The second-order valence-corrected chi connectivity index (χ2v) is 4.80. The van der Waals surface area contributed by atoms with Gasteiger partial charge < -0.3 is 0 Å². The van der Waals surface area contributed by atoms with Crippen LogP contribution in [0.1, 0.15) is 21.7 Å². The Bertz CT molecular complexity index is 648. The third-order valence-corrected chi connectivity index (χ3v) is 2.98. The molecule has 0 unspecified atom stereocenters. The van der Waals surface area contributed by atoms with Crippen molar-refractivity contribution < 1.29 is 9.18 Å². The quantitative estimate of drug-likeness (QED) is 0.922. The van der Waals surface area contributed by atoms with Gasteiger partial charge in [0.25, 0.3) is 5.91 Å². The summed E-state index contributed by atoms with van der Waals surface area (Å²) in [6.07, 6.45) is 0. The zero-order chi connectivity index (χ0) is 14.0. The van der Waals surface area contributed by atoms with E-state index in [1.165, 1.54) is 18.2 Å². The number of halogens is 2. The van der Waals surface area contributed by atoms with Crippen LogP contribution >= 0.6 is 15.9 Å². The Hall–Kier alpha value is -1.89. The van der Waals surface area contributed by atoms with Gasteiger partial charge in [-0.1, -0.05) is 15.9 Å². The fourth-order valence-electron chi connectivity index (χ4n) is 1.35. The number of carbonyl (C=O) groups excluding carboxylic acids is 1. The molecule has 1 aromatic carbocycles. The molecule has 1 N–H and O–H groups in total. The lowest BCUT2D eigenvalue weighted by Crippen LogP contribution is -2.17. The lowest BCUT2D eigenvalue weighted by molar-refractivity contribution is 0.102. The lowest BCUT2D eigenvalue weighted by Gasteiger charge is -2.06. The zero-order valence-electron chi connectivity index (χ0n) is 10.2. The highest BCUT2D eigenvalue weighted by Gasteiger charge is 2.14. The normalized spacial score (nSPS) is 10.3. The Morgan fingerprint density at radius 3 is 2.68 bits per heavy atom. The predicted octanol–water partition coefficient (Wildman–Crippen LogP) is 2.64. The van der Waals surface area contributed by atoms with Gasteiger partial charge in [-0.2, -0.15) is 5.10 Å². The van der Waals surface area contributed by atoms with Crippen LogP contribution in [0.15, 0.2) is 22.7 Å². The molecule has 0 atom stereocenters. The summed E-state index contributed by atoms with van der Waals surface area (Å²) in [6, 6.07) is 4.11. The molecule has 0 saturated heterocycles. The van der Waals surface area contributed by atoms with Gasteiger partial charge in [-0.05, 0) is 32.0 Å². The molecule has 1 amide bonds. The topological polar surface area (TPSA) is 67.8 Å². The van der Waals surface area contributed by atoms with Crippen molar-refractivity contribution in [2.75, 3.05) is 5.32 Å². The molecule has 1 aromatic heterocycles. The predicted molar refractivity (Wildman–Crippen MR) is 71.4 cm³/mol. The minimum Gasteiger partial charge on any atom is -0.289 e. The Balaban J connectivity index is 2.25. The van der Waals surface area contributed by atoms with E-state index < -0.39 is 11.7 Å². The van der Waals surface area contributed by atoms with Crippen molar-refractivity contribution in [2.45, 2.75) is 13.8 Å². The average Bonchev–Trinajstić information content (AvgIpc) is 2.36. The van der Waals surface area contributed by atoms with Crippen LogP contribution in [0.3, 0.4) is 0 Å². The standard InChI is InChI=1S/C12H10BrFN4O/c1-6-7(2)17-18-12(15-6)16-11(19)9-5-8(13)3-4-10(9)14/h3-5H,1-2H3,(H,15,16,18,19). The molecule has 1 heterocycles. The van der Waals surface area contributed by atoms with Crippen molar-refractivity contribution >= 4 is 27.8 Å². The molecule has 0 aliphatic carbocycles. The molecule has 0 fully saturated rings. The summed E-state index contributed by atoms with van der Waals surface area (Å²) in [6.45, 7) is 3.51. The van der Waals surface area contributed by atoms with Crippen LogP contribution < -0.4 is 5.32 Å². The molecule has 5 nitrogen and oxygen atoms in total. The number of amides is 1. The zero-order valence-corrected chi connectivity index (χ0v) is 11.8. The molecule has 2 rings (SSSR count). The maximum atomic E-state index is 13.5. The van der Waals surface area contributed by atoms with Crippen molar-refractivity contribution in [1.29, 1.82) is 0 Å². The van der Waals surface area contributed by atoms with Gasteiger partial charge in [0.15, 0.2) is 0 Å². The Labute approximate surface area is 117 Å². The molecule has 0 bridgehead atoms. The summed E-state index contributed by atoms with van der Waals surface area (Å²) in [4.78, 5) is 16.0. The van der Waals surface area contributed by atoms with Crippen molar-refractivity contribution in [3.05, 3.63) is 45.4 Å². The van der Waals surface area contributed by atoms with Gasteiger partial charge in [0.1, 0.15) is 5.82 Å². The van der Waals surface area contributed by atoms with Gasteiger partial charge in [0.05, 0.1) is 17.0 Å². The number of aromatic nitrogens is 3. The van der Waals surface area contributed by atoms with Gasteiger partial charge in [-0.15, -0.1) is 5.10 Å². The number of carbonyl (C=O) groups is 1. The number of nitrogens with zero attached hydrogens (tertiary/aromatic N) is 3. The summed E-state index contributed by atoms with van der Waals surface area (Å²) in [5.74, 6) is -1.19. The summed E-state index contributed by atoms with van der Waals surface area (Å²) < 4.78 is 14.1. The molecule has 7 heteroatoms. The van der Waals surface area contributed by atoms with E-state index in [4.69, 9.17) is 0 Å². The number of nitrogens with one attached hydrogen (secondary N) is 1. The van der Waals surface area contributed by atoms with Crippen LogP contribution in [-0.2, 0) is 0 Å². The molecule has 0 aliphatic heterocycles. The maximum Gasteiger partial charge on any atom is 0.261 e. The molecular formula is C12H10BrFN4O. The van der Waals surface area contributed by atoms with E-state index in [1.54, 1.807) is 13.8 Å². The second kappa shape index (κ2) is 5.40. The maximum absolute atomic E-state index is 13.5. The first-order chi connectivity index (χ1) is 8.97. The Morgan fingerprint density at radius 1 is 1.26 bits per heavy atom. The van der Waals surface area contributed by atoms with Crippen molar-refractivity contribution in [3.63, 3.8) is 0 Å². The molecular weight excluding hydrogens is 315 g/mol. The van der Waals surface area contributed by atoms with Crippen LogP contribution in [0.25, 0.3) is 0 Å². The van der Waals surface area contributed by atoms with Crippen LogP contribution in [-0.4, -0.2) is 21.1 Å². The van der Waals surface area contributed by atoms with Crippen LogP contribution in [0.4, 0.5) is 10.3 Å². The van der Waals surface area contributed by atoms with Gasteiger partial charge in [-0.3, -0.25) is 10.1 Å². The summed E-state index contributed by atoms with van der Waals surface area (Å²) in [5, 5.41) is 9.97. The first kappa shape index (κ1) is 13.5. The lowest BCUT2D eigenvalue weighted by atomic mass is 10.2. The first-order valence-corrected chi connectivity index (χ1v) is 6.21. The molecule has 0 radical (unpaired) electrons. The number of rotatable bonds is 2. The fraction of sp³-hybridized carbons (Fsp3) is 0.167. The summed E-state index contributed by atoms with van der Waals surface area (Å²) >= 11 is 3.18. The molecule has 0 aliphatic rings. The minimum atomic E-state index is -0.621. The molecule has 2 aromatic rings. The third-order valence-electron chi connectivity index (χ3n) is 2.49. The smallest absolute Gasteiger partial charge is 0.261 e. The van der Waals surface area contributed by atoms with Crippen molar-refractivity contribution in [2.24, 2.45) is 0 Å². The van der Waals surface area contributed by atoms with E-state index in [-0.39, 0.29) is 11.5 Å². The average molecular weight is 325 g/mol.